The average molecular weight is 200 g/mol. The van der Waals surface area contributed by atoms with Crippen LogP contribution in [0, 0.1) is 0 Å². The van der Waals surface area contributed by atoms with Crippen LogP contribution in [0.25, 0.3) is 0 Å². The minimum atomic E-state index is -0.281. The lowest BCUT2D eigenvalue weighted by atomic mass is 10.2. The Bertz CT molecular complexity index is 238. The Morgan fingerprint density at radius 3 is 2.85 bits per heavy atom. The lowest BCUT2D eigenvalue weighted by Gasteiger charge is -2.14. The van der Waals surface area contributed by atoms with E-state index in [0.29, 0.717) is 12.5 Å². The number of carbonyl (C=O) groups is 2. The number of hydrogen-bond donors (Lipinski definition) is 2. The van der Waals surface area contributed by atoms with Crippen LogP contribution in [0.4, 0.5) is 0 Å². The van der Waals surface area contributed by atoms with Crippen molar-refractivity contribution in [1.29, 1.82) is 0 Å². The van der Waals surface area contributed by atoms with Gasteiger partial charge in [-0.1, -0.05) is 0 Å². The van der Waals surface area contributed by atoms with Crippen LogP contribution in [0.15, 0.2) is 0 Å². The first-order valence-electron chi connectivity index (χ1n) is 4.43. The topological polar surface area (TPSA) is 58.2 Å². The van der Waals surface area contributed by atoms with Crippen LogP contribution in [0.3, 0.4) is 0 Å². The zero-order valence-electron chi connectivity index (χ0n) is 7.21. The highest BCUT2D eigenvalue weighted by Crippen LogP contribution is 2.18. The molecule has 2 unspecified atom stereocenters. The fourth-order valence-corrected chi connectivity index (χ4v) is 2.80. The predicted octanol–water partition coefficient (Wildman–Crippen LogP) is -0.503. The van der Waals surface area contributed by atoms with Gasteiger partial charge in [-0.25, -0.2) is 0 Å². The van der Waals surface area contributed by atoms with Gasteiger partial charge in [0.1, 0.15) is 0 Å². The van der Waals surface area contributed by atoms with Crippen LogP contribution >= 0.6 is 11.8 Å². The van der Waals surface area contributed by atoms with Gasteiger partial charge in [-0.2, -0.15) is 11.8 Å². The number of imide groups is 1. The zero-order chi connectivity index (χ0) is 9.26. The fraction of sp³-hybridized carbons (Fsp3) is 0.750. The van der Waals surface area contributed by atoms with Gasteiger partial charge < -0.3 is 5.32 Å². The van der Waals surface area contributed by atoms with Gasteiger partial charge in [-0.05, 0) is 12.2 Å². The van der Waals surface area contributed by atoms with E-state index in [-0.39, 0.29) is 17.9 Å². The Labute approximate surface area is 80.8 Å². The molecule has 5 heteroatoms. The van der Waals surface area contributed by atoms with Crippen molar-refractivity contribution in [2.75, 3.05) is 11.5 Å². The summed E-state index contributed by atoms with van der Waals surface area (Å²) in [7, 11) is 0. The summed E-state index contributed by atoms with van der Waals surface area (Å²) < 4.78 is 0. The van der Waals surface area contributed by atoms with E-state index in [2.05, 4.69) is 10.6 Å². The molecule has 2 aliphatic rings. The van der Waals surface area contributed by atoms with Crippen LogP contribution in [-0.2, 0) is 9.59 Å². The molecule has 0 aromatic rings. The van der Waals surface area contributed by atoms with Gasteiger partial charge in [0.2, 0.25) is 11.8 Å². The molecular formula is C8H12N2O2S. The summed E-state index contributed by atoms with van der Waals surface area (Å²) in [6.07, 6.45) is 1.41. The largest absolute Gasteiger partial charge is 0.302 e. The molecule has 2 aliphatic heterocycles. The van der Waals surface area contributed by atoms with Gasteiger partial charge in [0.15, 0.2) is 0 Å². The number of thioether (sulfide) groups is 1. The van der Waals surface area contributed by atoms with Gasteiger partial charge in [0.25, 0.3) is 0 Å². The van der Waals surface area contributed by atoms with Gasteiger partial charge >= 0.3 is 0 Å². The second kappa shape index (κ2) is 3.67. The summed E-state index contributed by atoms with van der Waals surface area (Å²) in [5.74, 6) is 1.88. The summed E-state index contributed by atoms with van der Waals surface area (Å²) in [6, 6.07) is 0.128. The van der Waals surface area contributed by atoms with Crippen molar-refractivity contribution < 1.29 is 9.59 Å². The van der Waals surface area contributed by atoms with E-state index in [9.17, 15) is 9.59 Å². The second-order valence-electron chi connectivity index (χ2n) is 3.40. The highest BCUT2D eigenvalue weighted by Gasteiger charge is 2.32. The quantitative estimate of drug-likeness (QED) is 0.590. The standard InChI is InChI=1S/C8H12N2O2S/c11-7-3-6(8(12)10-7)9-5-1-2-13-4-5/h5-6,9H,1-4H2,(H,10,11,12). The van der Waals surface area contributed by atoms with E-state index >= 15 is 0 Å². The van der Waals surface area contributed by atoms with Crippen LogP contribution in [-0.4, -0.2) is 35.4 Å². The Balaban J connectivity index is 1.87. The van der Waals surface area contributed by atoms with E-state index in [1.165, 1.54) is 0 Å². The van der Waals surface area contributed by atoms with Gasteiger partial charge in [0.05, 0.1) is 12.5 Å². The Hall–Kier alpha value is -0.550. The molecular weight excluding hydrogens is 188 g/mol. The fourth-order valence-electron chi connectivity index (χ4n) is 1.64. The number of rotatable bonds is 2. The second-order valence-corrected chi connectivity index (χ2v) is 4.55. The van der Waals surface area contributed by atoms with Gasteiger partial charge in [-0.15, -0.1) is 0 Å². The first kappa shape index (κ1) is 9.02. The van der Waals surface area contributed by atoms with E-state index in [1.54, 1.807) is 0 Å². The molecule has 2 amide bonds. The minimum Gasteiger partial charge on any atom is -0.302 e. The van der Waals surface area contributed by atoms with Crippen molar-refractivity contribution in [3.05, 3.63) is 0 Å². The summed E-state index contributed by atoms with van der Waals surface area (Å²) >= 11 is 1.89. The molecule has 2 heterocycles. The highest BCUT2D eigenvalue weighted by molar-refractivity contribution is 7.99. The highest BCUT2D eigenvalue weighted by atomic mass is 32.2. The van der Waals surface area contributed by atoms with Crippen molar-refractivity contribution in [3.63, 3.8) is 0 Å². The summed E-state index contributed by atoms with van der Waals surface area (Å²) in [5, 5.41) is 5.50. The van der Waals surface area contributed by atoms with Crippen molar-refractivity contribution >= 4 is 23.6 Å². The predicted molar refractivity (Wildman–Crippen MR) is 50.4 cm³/mol. The molecule has 4 nitrogen and oxygen atoms in total. The molecule has 0 radical (unpaired) electrons. The van der Waals surface area contributed by atoms with E-state index < -0.39 is 0 Å². The molecule has 0 bridgehead atoms. The Kier molecular flexibility index (Phi) is 2.55. The van der Waals surface area contributed by atoms with Gasteiger partial charge in [-0.3, -0.25) is 14.9 Å². The van der Waals surface area contributed by atoms with Crippen LogP contribution < -0.4 is 10.6 Å². The SMILES string of the molecule is O=C1CC(NC2CCSC2)C(=O)N1. The lowest BCUT2D eigenvalue weighted by Crippen LogP contribution is -2.42. The smallest absolute Gasteiger partial charge is 0.244 e. The summed E-state index contributed by atoms with van der Waals surface area (Å²) in [4.78, 5) is 22.0. The number of amides is 2. The number of nitrogens with one attached hydrogen (secondary N) is 2. The molecule has 2 fully saturated rings. The molecule has 0 aliphatic carbocycles. The third kappa shape index (κ3) is 2.03. The number of carbonyl (C=O) groups excluding carboxylic acids is 2. The summed E-state index contributed by atoms with van der Waals surface area (Å²) in [6.45, 7) is 0. The molecule has 72 valence electrons. The van der Waals surface area contributed by atoms with Crippen molar-refractivity contribution in [2.24, 2.45) is 0 Å². The first-order valence-corrected chi connectivity index (χ1v) is 5.58. The minimum absolute atomic E-state index is 0.159. The summed E-state index contributed by atoms with van der Waals surface area (Å²) in [5.41, 5.74) is 0. The molecule has 2 rings (SSSR count). The molecule has 2 saturated heterocycles. The average Bonchev–Trinajstić information content (AvgIpc) is 2.63. The monoisotopic (exact) mass is 200 g/mol. The maximum absolute atomic E-state index is 11.2. The molecule has 0 aromatic carbocycles. The van der Waals surface area contributed by atoms with Crippen LogP contribution in [0.1, 0.15) is 12.8 Å². The van der Waals surface area contributed by atoms with Crippen molar-refractivity contribution in [2.45, 2.75) is 24.9 Å². The van der Waals surface area contributed by atoms with Crippen LogP contribution in [0.2, 0.25) is 0 Å². The first-order chi connectivity index (χ1) is 6.25. The maximum Gasteiger partial charge on any atom is 0.244 e. The zero-order valence-corrected chi connectivity index (χ0v) is 8.02. The molecule has 0 aromatic heterocycles. The molecule has 13 heavy (non-hydrogen) atoms. The van der Waals surface area contributed by atoms with Gasteiger partial charge in [0, 0.05) is 11.8 Å². The molecule has 0 spiro atoms. The van der Waals surface area contributed by atoms with E-state index in [0.717, 1.165) is 17.9 Å². The Morgan fingerprint density at radius 1 is 1.46 bits per heavy atom. The normalized spacial score (nSPS) is 33.8. The maximum atomic E-state index is 11.2. The molecule has 2 atom stereocenters. The lowest BCUT2D eigenvalue weighted by molar-refractivity contribution is -0.125. The number of hydrogen-bond acceptors (Lipinski definition) is 4. The van der Waals surface area contributed by atoms with Crippen molar-refractivity contribution in [1.82, 2.24) is 10.6 Å². The Morgan fingerprint density at radius 2 is 2.31 bits per heavy atom. The van der Waals surface area contributed by atoms with Crippen molar-refractivity contribution in [3.8, 4) is 0 Å². The molecule has 0 saturated carbocycles. The van der Waals surface area contributed by atoms with Crippen LogP contribution in [0.5, 0.6) is 0 Å². The third-order valence-corrected chi connectivity index (χ3v) is 3.50. The van der Waals surface area contributed by atoms with E-state index in [1.807, 2.05) is 11.8 Å². The van der Waals surface area contributed by atoms with E-state index in [4.69, 9.17) is 0 Å². The third-order valence-electron chi connectivity index (χ3n) is 2.34. The molecule has 2 N–H and O–H groups in total.